The zero-order chi connectivity index (χ0) is 14.0. The van der Waals surface area contributed by atoms with E-state index >= 15 is 0 Å². The van der Waals surface area contributed by atoms with Gasteiger partial charge in [-0.05, 0) is 12.1 Å². The number of aromatic hydroxyl groups is 1. The Hall–Kier alpha value is -2.62. The molecule has 1 aromatic heterocycles. The van der Waals surface area contributed by atoms with Crippen molar-refractivity contribution in [1.29, 1.82) is 0 Å². The minimum atomic E-state index is -3.99. The Kier molecular flexibility index (Phi) is 3.09. The third kappa shape index (κ3) is 2.63. The van der Waals surface area contributed by atoms with Gasteiger partial charge in [0.05, 0.1) is 23.5 Å². The average molecular weight is 284 g/mol. The largest absolute Gasteiger partial charge is 0.508 e. The lowest BCUT2D eigenvalue weighted by Gasteiger charge is -2.06. The summed E-state index contributed by atoms with van der Waals surface area (Å²) in [5.41, 5.74) is -0.805. The number of nitrogens with zero attached hydrogens (tertiary/aromatic N) is 2. The molecular formula is C9H8N4O5S. The van der Waals surface area contributed by atoms with Crippen LogP contribution in [0.1, 0.15) is 0 Å². The molecule has 0 aliphatic heterocycles. The summed E-state index contributed by atoms with van der Waals surface area (Å²) in [4.78, 5) is 15.9. The van der Waals surface area contributed by atoms with Gasteiger partial charge >= 0.3 is 0 Å². The second-order valence-electron chi connectivity index (χ2n) is 3.48. The van der Waals surface area contributed by atoms with Crippen LogP contribution in [0.25, 0.3) is 0 Å². The van der Waals surface area contributed by atoms with Crippen LogP contribution in [0, 0.1) is 10.1 Å². The minimum Gasteiger partial charge on any atom is -0.508 e. The molecule has 1 heterocycles. The smallest absolute Gasteiger partial charge is 0.297 e. The predicted octanol–water partition coefficient (Wildman–Crippen LogP) is 0.824. The fraction of sp³-hybridized carbons (Fsp3) is 0. The van der Waals surface area contributed by atoms with Crippen LogP contribution in [0.5, 0.6) is 5.75 Å². The molecule has 19 heavy (non-hydrogen) atoms. The lowest BCUT2D eigenvalue weighted by molar-refractivity contribution is -0.384. The van der Waals surface area contributed by atoms with Crippen LogP contribution in [-0.2, 0) is 10.0 Å². The molecule has 0 saturated heterocycles. The summed E-state index contributed by atoms with van der Waals surface area (Å²) in [6.45, 7) is 0. The first kappa shape index (κ1) is 12.8. The van der Waals surface area contributed by atoms with Crippen LogP contribution < -0.4 is 4.72 Å². The Bertz CT molecular complexity index is 710. The SMILES string of the molecule is O=[N+]([O-])c1cc(O)ccc1NS(=O)(=O)c1cnc[nH]1. The molecule has 9 nitrogen and oxygen atoms in total. The number of nitrogens with one attached hydrogen (secondary N) is 2. The molecule has 100 valence electrons. The Morgan fingerprint density at radius 3 is 2.74 bits per heavy atom. The van der Waals surface area contributed by atoms with E-state index in [0.29, 0.717) is 0 Å². The molecule has 0 atom stereocenters. The standard InChI is InChI=1S/C9H8N4O5S/c14-6-1-2-7(8(3-6)13(15)16)12-19(17,18)9-4-10-5-11-9/h1-5,12,14H,(H,10,11). The molecule has 0 amide bonds. The first-order chi connectivity index (χ1) is 8.90. The highest BCUT2D eigenvalue weighted by Crippen LogP contribution is 2.29. The van der Waals surface area contributed by atoms with E-state index in [4.69, 9.17) is 0 Å². The van der Waals surface area contributed by atoms with Gasteiger partial charge in [0.15, 0.2) is 5.03 Å². The van der Waals surface area contributed by atoms with Crippen molar-refractivity contribution in [3.8, 4) is 5.75 Å². The highest BCUT2D eigenvalue weighted by Gasteiger charge is 2.22. The third-order valence-electron chi connectivity index (χ3n) is 2.18. The molecule has 0 fully saturated rings. The van der Waals surface area contributed by atoms with Gasteiger partial charge in [0.25, 0.3) is 15.7 Å². The zero-order valence-corrected chi connectivity index (χ0v) is 10.1. The van der Waals surface area contributed by atoms with Crippen LogP contribution in [0.4, 0.5) is 11.4 Å². The van der Waals surface area contributed by atoms with Crippen molar-refractivity contribution in [1.82, 2.24) is 9.97 Å². The van der Waals surface area contributed by atoms with Gasteiger partial charge in [0.1, 0.15) is 11.4 Å². The highest BCUT2D eigenvalue weighted by molar-refractivity contribution is 7.92. The Labute approximate surface area is 107 Å². The van der Waals surface area contributed by atoms with Crippen molar-refractivity contribution in [3.05, 3.63) is 40.8 Å². The summed E-state index contributed by atoms with van der Waals surface area (Å²) < 4.78 is 25.8. The van der Waals surface area contributed by atoms with Gasteiger partial charge in [-0.15, -0.1) is 0 Å². The van der Waals surface area contributed by atoms with Gasteiger partial charge in [-0.3, -0.25) is 14.8 Å². The molecule has 2 aromatic rings. The van der Waals surface area contributed by atoms with E-state index in [9.17, 15) is 23.6 Å². The van der Waals surface area contributed by atoms with Gasteiger partial charge < -0.3 is 10.1 Å². The van der Waals surface area contributed by atoms with E-state index in [2.05, 4.69) is 9.97 Å². The van der Waals surface area contributed by atoms with Gasteiger partial charge in [0, 0.05) is 0 Å². The van der Waals surface area contributed by atoms with E-state index in [1.54, 1.807) is 0 Å². The summed E-state index contributed by atoms with van der Waals surface area (Å²) >= 11 is 0. The number of imidazole rings is 1. The van der Waals surface area contributed by atoms with Gasteiger partial charge in [-0.1, -0.05) is 0 Å². The number of aromatic amines is 1. The molecule has 3 N–H and O–H groups in total. The monoisotopic (exact) mass is 284 g/mol. The summed E-state index contributed by atoms with van der Waals surface area (Å²) in [6, 6.07) is 3.09. The van der Waals surface area contributed by atoms with E-state index in [1.165, 1.54) is 6.33 Å². The number of anilines is 1. The molecule has 0 radical (unpaired) electrons. The molecule has 10 heteroatoms. The molecule has 0 unspecified atom stereocenters. The normalized spacial score (nSPS) is 11.2. The Morgan fingerprint density at radius 2 is 2.16 bits per heavy atom. The average Bonchev–Trinajstić information content (AvgIpc) is 2.85. The van der Waals surface area contributed by atoms with E-state index < -0.39 is 20.6 Å². The number of rotatable bonds is 4. The van der Waals surface area contributed by atoms with Crippen molar-refractivity contribution in [2.75, 3.05) is 4.72 Å². The first-order valence-corrected chi connectivity index (χ1v) is 6.37. The summed E-state index contributed by atoms with van der Waals surface area (Å²) in [6.07, 6.45) is 2.23. The number of benzene rings is 1. The predicted molar refractivity (Wildman–Crippen MR) is 64.2 cm³/mol. The Morgan fingerprint density at radius 1 is 1.42 bits per heavy atom. The number of sulfonamides is 1. The fourth-order valence-corrected chi connectivity index (χ4v) is 2.33. The van der Waals surface area contributed by atoms with Crippen molar-refractivity contribution in [3.63, 3.8) is 0 Å². The van der Waals surface area contributed by atoms with Crippen molar-refractivity contribution in [2.24, 2.45) is 0 Å². The second kappa shape index (κ2) is 4.57. The van der Waals surface area contributed by atoms with E-state index in [1.807, 2.05) is 4.72 Å². The van der Waals surface area contributed by atoms with Crippen molar-refractivity contribution >= 4 is 21.4 Å². The van der Waals surface area contributed by atoms with Crippen LogP contribution in [0.2, 0.25) is 0 Å². The lowest BCUT2D eigenvalue weighted by Crippen LogP contribution is -2.14. The number of phenols is 1. The summed E-state index contributed by atoms with van der Waals surface area (Å²) in [5, 5.41) is 19.7. The molecule has 2 rings (SSSR count). The molecule has 0 aliphatic carbocycles. The topological polar surface area (TPSA) is 138 Å². The van der Waals surface area contributed by atoms with Crippen molar-refractivity contribution in [2.45, 2.75) is 5.03 Å². The molecule has 0 saturated carbocycles. The number of nitro benzene ring substituents is 1. The fourth-order valence-electron chi connectivity index (χ4n) is 1.35. The van der Waals surface area contributed by atoms with E-state index in [0.717, 1.165) is 24.4 Å². The maximum absolute atomic E-state index is 11.9. The highest BCUT2D eigenvalue weighted by atomic mass is 32.2. The number of nitro groups is 1. The third-order valence-corrected chi connectivity index (χ3v) is 3.48. The van der Waals surface area contributed by atoms with Crippen LogP contribution in [-0.4, -0.2) is 28.4 Å². The lowest BCUT2D eigenvalue weighted by atomic mass is 10.2. The van der Waals surface area contributed by atoms with Crippen LogP contribution in [0.15, 0.2) is 35.7 Å². The molecular weight excluding hydrogens is 276 g/mol. The quantitative estimate of drug-likeness (QED) is 0.431. The number of H-pyrrole nitrogens is 1. The maximum Gasteiger partial charge on any atom is 0.297 e. The number of aromatic nitrogens is 2. The number of phenolic OH excluding ortho intramolecular Hbond substituents is 1. The molecule has 1 aromatic carbocycles. The minimum absolute atomic E-state index is 0.227. The second-order valence-corrected chi connectivity index (χ2v) is 5.13. The van der Waals surface area contributed by atoms with Gasteiger partial charge in [-0.2, -0.15) is 8.42 Å². The molecule has 0 aliphatic rings. The number of hydrogen-bond donors (Lipinski definition) is 3. The Balaban J connectivity index is 2.42. The summed E-state index contributed by atoms with van der Waals surface area (Å²) in [5.74, 6) is -0.337. The zero-order valence-electron chi connectivity index (χ0n) is 9.27. The van der Waals surface area contributed by atoms with Crippen LogP contribution in [0.3, 0.4) is 0 Å². The van der Waals surface area contributed by atoms with Gasteiger partial charge in [0.2, 0.25) is 0 Å². The van der Waals surface area contributed by atoms with E-state index in [-0.39, 0.29) is 16.5 Å². The number of hydrogen-bond acceptors (Lipinski definition) is 6. The van der Waals surface area contributed by atoms with Crippen molar-refractivity contribution < 1.29 is 18.4 Å². The molecule has 0 spiro atoms. The first-order valence-electron chi connectivity index (χ1n) is 4.89. The maximum atomic E-state index is 11.9. The molecule has 0 bridgehead atoms. The van der Waals surface area contributed by atoms with Crippen LogP contribution >= 0.6 is 0 Å². The summed E-state index contributed by atoms with van der Waals surface area (Å²) in [7, 11) is -3.99. The van der Waals surface area contributed by atoms with Gasteiger partial charge in [-0.25, -0.2) is 4.98 Å².